The van der Waals surface area contributed by atoms with E-state index in [-0.39, 0.29) is 11.4 Å². The van der Waals surface area contributed by atoms with Gasteiger partial charge in [-0.2, -0.15) is 0 Å². The molecular formula is C16H12ClNO4. The first-order chi connectivity index (χ1) is 10.5. The van der Waals surface area contributed by atoms with Crippen LogP contribution in [0.25, 0.3) is 6.08 Å². The predicted molar refractivity (Wildman–Crippen MR) is 83.5 cm³/mol. The van der Waals surface area contributed by atoms with Crippen LogP contribution in [0, 0.1) is 10.1 Å². The first-order valence-corrected chi connectivity index (χ1v) is 6.74. The van der Waals surface area contributed by atoms with Gasteiger partial charge < -0.3 is 4.74 Å². The Balaban J connectivity index is 2.26. The average molecular weight is 318 g/mol. The highest BCUT2D eigenvalue weighted by atomic mass is 35.5. The van der Waals surface area contributed by atoms with E-state index in [0.717, 1.165) is 0 Å². The van der Waals surface area contributed by atoms with Crippen molar-refractivity contribution in [2.75, 3.05) is 0 Å². The second kappa shape index (κ2) is 6.87. The summed E-state index contributed by atoms with van der Waals surface area (Å²) in [6, 6.07) is 12.9. The fourth-order valence-electron chi connectivity index (χ4n) is 1.72. The van der Waals surface area contributed by atoms with Crippen LogP contribution in [-0.2, 0) is 0 Å². The highest BCUT2D eigenvalue weighted by Gasteiger charge is 2.12. The van der Waals surface area contributed by atoms with E-state index in [2.05, 4.69) is 0 Å². The van der Waals surface area contributed by atoms with Crippen LogP contribution in [0.15, 0.2) is 54.2 Å². The monoisotopic (exact) mass is 317 g/mol. The van der Waals surface area contributed by atoms with Gasteiger partial charge in [0.1, 0.15) is 5.75 Å². The van der Waals surface area contributed by atoms with Crippen LogP contribution in [-0.4, -0.2) is 10.9 Å². The zero-order chi connectivity index (χ0) is 16.1. The maximum atomic E-state index is 12.1. The number of benzene rings is 2. The summed E-state index contributed by atoms with van der Waals surface area (Å²) in [5.74, 6) is -0.306. The SMILES string of the molecule is C/C(=C\c1ccccc1OC(=O)c1ccc(Cl)cc1)[N+](=O)[O-]. The van der Waals surface area contributed by atoms with Gasteiger partial charge in [0.2, 0.25) is 5.70 Å². The fourth-order valence-corrected chi connectivity index (χ4v) is 1.84. The first-order valence-electron chi connectivity index (χ1n) is 6.37. The third-order valence-electron chi connectivity index (χ3n) is 2.85. The molecule has 22 heavy (non-hydrogen) atoms. The second-order valence-corrected chi connectivity index (χ2v) is 4.91. The number of hydrogen-bond acceptors (Lipinski definition) is 4. The van der Waals surface area contributed by atoms with Crippen LogP contribution in [0.2, 0.25) is 5.02 Å². The lowest BCUT2D eigenvalue weighted by molar-refractivity contribution is -0.422. The molecule has 0 atom stereocenters. The van der Waals surface area contributed by atoms with E-state index in [1.807, 2.05) is 0 Å². The van der Waals surface area contributed by atoms with Crippen molar-refractivity contribution in [1.82, 2.24) is 0 Å². The van der Waals surface area contributed by atoms with Crippen molar-refractivity contribution < 1.29 is 14.5 Å². The second-order valence-electron chi connectivity index (χ2n) is 4.48. The third-order valence-corrected chi connectivity index (χ3v) is 3.11. The number of para-hydroxylation sites is 1. The number of rotatable bonds is 4. The van der Waals surface area contributed by atoms with Crippen LogP contribution in [0.5, 0.6) is 5.75 Å². The fraction of sp³-hybridized carbons (Fsp3) is 0.0625. The van der Waals surface area contributed by atoms with E-state index >= 15 is 0 Å². The first kappa shape index (κ1) is 15.7. The third kappa shape index (κ3) is 3.93. The van der Waals surface area contributed by atoms with Crippen molar-refractivity contribution in [3.8, 4) is 5.75 Å². The van der Waals surface area contributed by atoms with Gasteiger partial charge in [-0.15, -0.1) is 0 Å². The smallest absolute Gasteiger partial charge is 0.343 e. The molecule has 0 bridgehead atoms. The number of hydrogen-bond donors (Lipinski definition) is 0. The van der Waals surface area contributed by atoms with E-state index < -0.39 is 10.9 Å². The van der Waals surface area contributed by atoms with Gasteiger partial charge in [-0.3, -0.25) is 10.1 Å². The van der Waals surface area contributed by atoms with Crippen LogP contribution >= 0.6 is 11.6 Å². The number of esters is 1. The number of halogens is 1. The maximum absolute atomic E-state index is 12.1. The largest absolute Gasteiger partial charge is 0.422 e. The van der Waals surface area contributed by atoms with E-state index in [4.69, 9.17) is 16.3 Å². The Morgan fingerprint density at radius 2 is 1.82 bits per heavy atom. The standard InChI is InChI=1S/C16H12ClNO4/c1-11(18(20)21)10-13-4-2-3-5-15(13)22-16(19)12-6-8-14(17)9-7-12/h2-10H,1H3/b11-10+. The normalized spacial score (nSPS) is 11.1. The van der Waals surface area contributed by atoms with Gasteiger partial charge in [0.05, 0.1) is 10.5 Å². The lowest BCUT2D eigenvalue weighted by atomic mass is 10.1. The summed E-state index contributed by atoms with van der Waals surface area (Å²) in [4.78, 5) is 22.3. The molecule has 6 heteroatoms. The lowest BCUT2D eigenvalue weighted by Crippen LogP contribution is -2.09. The molecular weight excluding hydrogens is 306 g/mol. The Morgan fingerprint density at radius 1 is 1.18 bits per heavy atom. The van der Waals surface area contributed by atoms with Gasteiger partial charge in [-0.05, 0) is 30.3 Å². The Kier molecular flexibility index (Phi) is 4.91. The van der Waals surface area contributed by atoms with Gasteiger partial charge >= 0.3 is 5.97 Å². The van der Waals surface area contributed by atoms with E-state index in [0.29, 0.717) is 16.1 Å². The van der Waals surface area contributed by atoms with Crippen molar-refractivity contribution in [1.29, 1.82) is 0 Å². The molecule has 0 N–H and O–H groups in total. The molecule has 2 aromatic carbocycles. The summed E-state index contributed by atoms with van der Waals surface area (Å²) in [6.07, 6.45) is 1.35. The molecule has 0 aromatic heterocycles. The molecule has 0 unspecified atom stereocenters. The summed E-state index contributed by atoms with van der Waals surface area (Å²) in [5, 5.41) is 11.2. The summed E-state index contributed by atoms with van der Waals surface area (Å²) in [5.41, 5.74) is 0.753. The van der Waals surface area contributed by atoms with Crippen molar-refractivity contribution in [3.05, 3.63) is 80.5 Å². The summed E-state index contributed by atoms with van der Waals surface area (Å²) in [7, 11) is 0. The summed E-state index contributed by atoms with van der Waals surface area (Å²) >= 11 is 5.76. The quantitative estimate of drug-likeness (QED) is 0.367. The Morgan fingerprint density at radius 3 is 2.45 bits per heavy atom. The van der Waals surface area contributed by atoms with E-state index in [9.17, 15) is 14.9 Å². The van der Waals surface area contributed by atoms with Gasteiger partial charge in [0, 0.05) is 23.6 Å². The van der Waals surface area contributed by atoms with Crippen molar-refractivity contribution in [3.63, 3.8) is 0 Å². The molecule has 0 saturated carbocycles. The average Bonchev–Trinajstić information content (AvgIpc) is 2.49. The molecule has 2 aromatic rings. The minimum atomic E-state index is -0.559. The maximum Gasteiger partial charge on any atom is 0.343 e. The molecule has 0 fully saturated rings. The molecule has 0 amide bonds. The van der Waals surface area contributed by atoms with Gasteiger partial charge in [0.25, 0.3) is 0 Å². The highest BCUT2D eigenvalue weighted by Crippen LogP contribution is 2.22. The molecule has 0 radical (unpaired) electrons. The molecule has 0 aliphatic rings. The zero-order valence-corrected chi connectivity index (χ0v) is 12.4. The van der Waals surface area contributed by atoms with Crippen LogP contribution < -0.4 is 4.74 Å². The van der Waals surface area contributed by atoms with Crippen LogP contribution in [0.4, 0.5) is 0 Å². The van der Waals surface area contributed by atoms with Crippen LogP contribution in [0.3, 0.4) is 0 Å². The van der Waals surface area contributed by atoms with Crippen molar-refractivity contribution >= 4 is 23.6 Å². The van der Waals surface area contributed by atoms with Crippen molar-refractivity contribution in [2.45, 2.75) is 6.92 Å². The molecule has 0 aliphatic carbocycles. The highest BCUT2D eigenvalue weighted by molar-refractivity contribution is 6.30. The van der Waals surface area contributed by atoms with Gasteiger partial charge in [-0.1, -0.05) is 29.8 Å². The van der Waals surface area contributed by atoms with E-state index in [1.165, 1.54) is 13.0 Å². The molecule has 112 valence electrons. The van der Waals surface area contributed by atoms with Crippen molar-refractivity contribution in [2.24, 2.45) is 0 Å². The summed E-state index contributed by atoms with van der Waals surface area (Å²) in [6.45, 7) is 1.37. The predicted octanol–water partition coefficient (Wildman–Crippen LogP) is 4.20. The van der Waals surface area contributed by atoms with Crippen LogP contribution in [0.1, 0.15) is 22.8 Å². The van der Waals surface area contributed by atoms with E-state index in [1.54, 1.807) is 48.5 Å². The minimum absolute atomic E-state index is 0.0463. The molecule has 5 nitrogen and oxygen atoms in total. The number of nitrogens with zero attached hydrogens (tertiary/aromatic N) is 1. The number of nitro groups is 1. The Hall–Kier alpha value is -2.66. The number of carbonyl (C=O) groups is 1. The lowest BCUT2D eigenvalue weighted by Gasteiger charge is -2.07. The number of ether oxygens (including phenoxy) is 1. The Labute approximate surface area is 131 Å². The molecule has 0 saturated heterocycles. The minimum Gasteiger partial charge on any atom is -0.422 e. The molecule has 0 heterocycles. The Bertz CT molecular complexity index is 738. The molecule has 2 rings (SSSR count). The van der Waals surface area contributed by atoms with Gasteiger partial charge in [0.15, 0.2) is 0 Å². The van der Waals surface area contributed by atoms with Gasteiger partial charge in [-0.25, -0.2) is 4.79 Å². The topological polar surface area (TPSA) is 69.4 Å². The number of allylic oxidation sites excluding steroid dienone is 1. The molecule has 0 spiro atoms. The molecule has 0 aliphatic heterocycles. The summed E-state index contributed by atoms with van der Waals surface area (Å²) < 4.78 is 5.30. The number of carbonyl (C=O) groups excluding carboxylic acids is 1. The zero-order valence-electron chi connectivity index (χ0n) is 11.7.